The molecule has 2 atom stereocenters. The number of hydrogen-bond acceptors (Lipinski definition) is 2. The van der Waals surface area contributed by atoms with E-state index in [9.17, 15) is 0 Å². The second-order valence-electron chi connectivity index (χ2n) is 6.84. The molecule has 2 aromatic heterocycles. The van der Waals surface area contributed by atoms with Crippen molar-refractivity contribution in [3.05, 3.63) is 53.1 Å². The van der Waals surface area contributed by atoms with Crippen LogP contribution in [0.25, 0.3) is 0 Å². The summed E-state index contributed by atoms with van der Waals surface area (Å²) in [6.45, 7) is 7.54. The molecule has 0 radical (unpaired) electrons. The van der Waals surface area contributed by atoms with Gasteiger partial charge in [-0.05, 0) is 69.6 Å². The van der Waals surface area contributed by atoms with Crippen molar-refractivity contribution in [2.24, 2.45) is 0 Å². The van der Waals surface area contributed by atoms with E-state index in [1.54, 1.807) is 0 Å². The van der Waals surface area contributed by atoms with Crippen LogP contribution in [-0.2, 0) is 0 Å². The monoisotopic (exact) mass is 340 g/mol. The summed E-state index contributed by atoms with van der Waals surface area (Å²) in [5, 5.41) is 4.33. The maximum Gasteiger partial charge on any atom is 0.170 e. The zero-order chi connectivity index (χ0) is 16.8. The minimum absolute atomic E-state index is 0.104. The number of hydrogen-bond donors (Lipinski definition) is 1. The lowest BCUT2D eigenvalue weighted by molar-refractivity contribution is 0.329. The van der Waals surface area contributed by atoms with E-state index < -0.39 is 0 Å². The molecular weight excluding hydrogens is 316 g/mol. The van der Waals surface area contributed by atoms with E-state index in [0.717, 1.165) is 17.4 Å². The van der Waals surface area contributed by atoms with Gasteiger partial charge in [-0.1, -0.05) is 6.07 Å². The molecule has 0 amide bonds. The molecular formula is C19H24N4S. The average molecular weight is 340 g/mol. The zero-order valence-electron chi connectivity index (χ0n) is 14.5. The molecule has 126 valence electrons. The molecule has 1 saturated carbocycles. The second-order valence-corrected chi connectivity index (χ2v) is 7.23. The molecule has 2 aromatic rings. The van der Waals surface area contributed by atoms with Gasteiger partial charge in [0.25, 0.3) is 0 Å². The second kappa shape index (κ2) is 5.88. The third-order valence-corrected chi connectivity index (χ3v) is 5.64. The molecule has 0 bridgehead atoms. The summed E-state index contributed by atoms with van der Waals surface area (Å²) in [5.74, 6) is 0. The van der Waals surface area contributed by atoms with Gasteiger partial charge in [0.1, 0.15) is 0 Å². The van der Waals surface area contributed by atoms with Crippen LogP contribution < -0.4 is 5.32 Å². The van der Waals surface area contributed by atoms with Gasteiger partial charge in [0.2, 0.25) is 0 Å². The molecule has 24 heavy (non-hydrogen) atoms. The highest BCUT2D eigenvalue weighted by Crippen LogP contribution is 2.44. The Morgan fingerprint density at radius 1 is 1.29 bits per heavy atom. The van der Waals surface area contributed by atoms with Gasteiger partial charge in [-0.3, -0.25) is 4.98 Å². The minimum atomic E-state index is 0.104. The van der Waals surface area contributed by atoms with E-state index in [1.807, 2.05) is 18.3 Å². The molecule has 1 N–H and O–H groups in total. The summed E-state index contributed by atoms with van der Waals surface area (Å²) < 4.78 is 2.51. The summed E-state index contributed by atoms with van der Waals surface area (Å²) in [5.41, 5.74) is 5.17. The number of likely N-dealkylation sites (N-methyl/N-ethyl adjacent to an activating group) is 1. The molecule has 0 unspecified atom stereocenters. The van der Waals surface area contributed by atoms with Crippen LogP contribution in [0.4, 0.5) is 0 Å². The van der Waals surface area contributed by atoms with Crippen LogP contribution in [0.2, 0.25) is 0 Å². The van der Waals surface area contributed by atoms with E-state index in [-0.39, 0.29) is 12.1 Å². The molecule has 2 fully saturated rings. The molecule has 4 nitrogen and oxygen atoms in total. The first kappa shape index (κ1) is 15.6. The molecule has 4 rings (SSSR count). The van der Waals surface area contributed by atoms with Crippen molar-refractivity contribution < 1.29 is 0 Å². The summed E-state index contributed by atoms with van der Waals surface area (Å²) in [6, 6.07) is 9.46. The van der Waals surface area contributed by atoms with E-state index in [1.165, 1.54) is 29.8 Å². The summed E-state index contributed by atoms with van der Waals surface area (Å²) in [4.78, 5) is 6.89. The van der Waals surface area contributed by atoms with Gasteiger partial charge in [0.05, 0.1) is 17.8 Å². The Balaban J connectivity index is 1.80. The standard InChI is InChI=1S/C19H24N4S/c1-4-22-18(15-11-12(2)23(13(15)3)14-8-9-14)17(21-19(22)24)16-7-5-6-10-20-16/h5-7,10-11,14,17-18H,4,8-9H2,1-3H3,(H,21,24)/t17-,18-/m1/s1. The number of thiocarbonyl (C=S) groups is 1. The third-order valence-electron chi connectivity index (χ3n) is 5.29. The van der Waals surface area contributed by atoms with Crippen molar-refractivity contribution in [3.63, 3.8) is 0 Å². The van der Waals surface area contributed by atoms with Crippen LogP contribution in [0.15, 0.2) is 30.5 Å². The molecule has 0 aromatic carbocycles. The Bertz CT molecular complexity index is 763. The lowest BCUT2D eigenvalue weighted by Crippen LogP contribution is -2.29. The fourth-order valence-corrected chi connectivity index (χ4v) is 4.45. The SMILES string of the molecule is CCN1C(=S)N[C@H](c2ccccn2)[C@H]1c1cc(C)n(C2CC2)c1C. The van der Waals surface area contributed by atoms with E-state index in [4.69, 9.17) is 12.2 Å². The molecule has 1 aliphatic heterocycles. The maximum atomic E-state index is 5.62. The van der Waals surface area contributed by atoms with Crippen molar-refractivity contribution in [1.29, 1.82) is 0 Å². The lowest BCUT2D eigenvalue weighted by Gasteiger charge is -2.27. The van der Waals surface area contributed by atoms with E-state index in [2.05, 4.69) is 52.7 Å². The Kier molecular flexibility index (Phi) is 3.83. The van der Waals surface area contributed by atoms with Crippen molar-refractivity contribution >= 4 is 17.3 Å². The van der Waals surface area contributed by atoms with Crippen LogP contribution in [-0.4, -0.2) is 26.1 Å². The first-order valence-corrected chi connectivity index (χ1v) is 9.19. The number of nitrogens with one attached hydrogen (secondary N) is 1. The zero-order valence-corrected chi connectivity index (χ0v) is 15.3. The number of rotatable bonds is 4. The number of pyridine rings is 1. The Labute approximate surface area is 148 Å². The summed E-state index contributed by atoms with van der Waals surface area (Å²) in [7, 11) is 0. The third kappa shape index (κ3) is 2.42. The highest BCUT2D eigenvalue weighted by molar-refractivity contribution is 7.80. The fraction of sp³-hybridized carbons (Fsp3) is 0.474. The highest BCUT2D eigenvalue weighted by Gasteiger charge is 2.41. The van der Waals surface area contributed by atoms with Crippen molar-refractivity contribution in [2.45, 2.75) is 51.7 Å². The van der Waals surface area contributed by atoms with Crippen molar-refractivity contribution in [3.8, 4) is 0 Å². The molecule has 2 aliphatic rings. The summed E-state index contributed by atoms with van der Waals surface area (Å²) >= 11 is 5.62. The topological polar surface area (TPSA) is 33.1 Å². The van der Waals surface area contributed by atoms with E-state index >= 15 is 0 Å². The number of nitrogens with zero attached hydrogens (tertiary/aromatic N) is 3. The molecule has 1 aliphatic carbocycles. The molecule has 3 heterocycles. The van der Waals surface area contributed by atoms with Crippen LogP contribution in [0.1, 0.15) is 60.5 Å². The Morgan fingerprint density at radius 3 is 2.71 bits per heavy atom. The maximum absolute atomic E-state index is 5.62. The Morgan fingerprint density at radius 2 is 2.08 bits per heavy atom. The summed E-state index contributed by atoms with van der Waals surface area (Å²) in [6.07, 6.45) is 4.47. The van der Waals surface area contributed by atoms with Gasteiger partial charge in [0, 0.05) is 30.2 Å². The van der Waals surface area contributed by atoms with Gasteiger partial charge >= 0.3 is 0 Å². The van der Waals surface area contributed by atoms with Gasteiger partial charge in [0.15, 0.2) is 5.11 Å². The van der Waals surface area contributed by atoms with Crippen molar-refractivity contribution in [1.82, 2.24) is 19.8 Å². The van der Waals surface area contributed by atoms with Crippen LogP contribution >= 0.6 is 12.2 Å². The number of aromatic nitrogens is 2. The largest absolute Gasteiger partial charge is 0.352 e. The first-order valence-electron chi connectivity index (χ1n) is 8.78. The molecule has 1 saturated heterocycles. The smallest absolute Gasteiger partial charge is 0.170 e. The van der Waals surface area contributed by atoms with Crippen molar-refractivity contribution in [2.75, 3.05) is 6.54 Å². The van der Waals surface area contributed by atoms with Gasteiger partial charge in [-0.15, -0.1) is 0 Å². The molecule has 0 spiro atoms. The number of aryl methyl sites for hydroxylation is 1. The van der Waals surface area contributed by atoms with Gasteiger partial charge in [-0.25, -0.2) is 0 Å². The van der Waals surface area contributed by atoms with Crippen LogP contribution in [0.5, 0.6) is 0 Å². The minimum Gasteiger partial charge on any atom is -0.352 e. The van der Waals surface area contributed by atoms with E-state index in [0.29, 0.717) is 6.04 Å². The highest BCUT2D eigenvalue weighted by atomic mass is 32.1. The van der Waals surface area contributed by atoms with Gasteiger partial charge in [-0.2, -0.15) is 0 Å². The molecule has 5 heteroatoms. The Hall–Kier alpha value is -1.88. The first-order chi connectivity index (χ1) is 11.6. The normalized spacial score (nSPS) is 23.6. The predicted molar refractivity (Wildman–Crippen MR) is 100 cm³/mol. The van der Waals surface area contributed by atoms with Crippen LogP contribution in [0.3, 0.4) is 0 Å². The van der Waals surface area contributed by atoms with Crippen LogP contribution in [0, 0.1) is 13.8 Å². The quantitative estimate of drug-likeness (QED) is 0.858. The average Bonchev–Trinajstić information content (AvgIpc) is 3.29. The van der Waals surface area contributed by atoms with Gasteiger partial charge < -0.3 is 14.8 Å². The predicted octanol–water partition coefficient (Wildman–Crippen LogP) is 3.83. The fourth-order valence-electron chi connectivity index (χ4n) is 4.08. The lowest BCUT2D eigenvalue weighted by atomic mass is 9.97.